The maximum atomic E-state index is 12.9. The number of nitrogens with zero attached hydrogens (tertiary/aromatic N) is 1. The van der Waals surface area contributed by atoms with Crippen molar-refractivity contribution in [2.45, 2.75) is 38.2 Å². The van der Waals surface area contributed by atoms with Gasteiger partial charge in [-0.25, -0.2) is 9.59 Å². The zero-order chi connectivity index (χ0) is 28.2. The molecule has 0 radical (unpaired) electrons. The van der Waals surface area contributed by atoms with Gasteiger partial charge in [-0.1, -0.05) is 53.2 Å². The zero-order valence-electron chi connectivity index (χ0n) is 21.5. The fraction of sp³-hybridized carbons (Fsp3) is 0.200. The van der Waals surface area contributed by atoms with Gasteiger partial charge in [-0.3, -0.25) is 10.1 Å². The monoisotopic (exact) mass is 558 g/mol. The van der Waals surface area contributed by atoms with E-state index in [4.69, 9.17) is 25.3 Å². The fourth-order valence-electron chi connectivity index (χ4n) is 5.00. The molecule has 1 amide bonds. The molecule has 40 heavy (non-hydrogen) atoms. The van der Waals surface area contributed by atoms with E-state index < -0.39 is 29.2 Å². The smallest absolute Gasteiger partial charge is 0.412 e. The van der Waals surface area contributed by atoms with Crippen LogP contribution in [0.2, 0.25) is 5.02 Å². The Morgan fingerprint density at radius 1 is 1.07 bits per heavy atom. The molecule has 1 fully saturated rings. The van der Waals surface area contributed by atoms with E-state index in [9.17, 15) is 19.5 Å². The van der Waals surface area contributed by atoms with Crippen LogP contribution >= 0.6 is 11.6 Å². The quantitative estimate of drug-likeness (QED) is 0.168. The third-order valence-corrected chi connectivity index (χ3v) is 7.75. The molecule has 0 bridgehead atoms. The Hall–Kier alpha value is -4.63. The van der Waals surface area contributed by atoms with Crippen LogP contribution in [0.1, 0.15) is 42.7 Å². The molecule has 202 valence electrons. The van der Waals surface area contributed by atoms with E-state index in [0.29, 0.717) is 67.7 Å². The summed E-state index contributed by atoms with van der Waals surface area (Å²) in [6, 6.07) is 17.4. The van der Waals surface area contributed by atoms with Crippen molar-refractivity contribution in [2.75, 3.05) is 5.32 Å². The highest BCUT2D eigenvalue weighted by Crippen LogP contribution is 2.49. The number of aryl methyl sites for hydroxylation is 1. The molecule has 0 aliphatic heterocycles. The number of ether oxygens (including phenoxy) is 1. The van der Waals surface area contributed by atoms with Crippen molar-refractivity contribution in [2.24, 2.45) is 0 Å². The van der Waals surface area contributed by atoms with Gasteiger partial charge >= 0.3 is 17.7 Å². The van der Waals surface area contributed by atoms with Crippen LogP contribution in [0.3, 0.4) is 0 Å². The first-order chi connectivity index (χ1) is 19.2. The molecule has 1 aliphatic carbocycles. The van der Waals surface area contributed by atoms with Crippen LogP contribution in [0.25, 0.3) is 33.1 Å². The Balaban J connectivity index is 1.31. The van der Waals surface area contributed by atoms with Gasteiger partial charge in [0.1, 0.15) is 23.1 Å². The first-order valence-corrected chi connectivity index (χ1v) is 13.0. The number of aliphatic carboxylic acids is 1. The van der Waals surface area contributed by atoms with E-state index in [0.717, 1.165) is 0 Å². The molecule has 6 rings (SSSR count). The minimum absolute atomic E-state index is 0.261. The van der Waals surface area contributed by atoms with Crippen molar-refractivity contribution in [3.8, 4) is 11.3 Å². The third-order valence-electron chi connectivity index (χ3n) is 7.40. The van der Waals surface area contributed by atoms with Crippen molar-refractivity contribution in [3.63, 3.8) is 0 Å². The third kappa shape index (κ3) is 4.28. The van der Waals surface area contributed by atoms with Crippen molar-refractivity contribution < 1.29 is 28.4 Å². The summed E-state index contributed by atoms with van der Waals surface area (Å²) in [6.45, 7) is 3.39. The zero-order valence-corrected chi connectivity index (χ0v) is 22.2. The lowest BCUT2D eigenvalue weighted by Crippen LogP contribution is -2.19. The van der Waals surface area contributed by atoms with Gasteiger partial charge in [-0.2, -0.15) is 0 Å². The van der Waals surface area contributed by atoms with Gasteiger partial charge in [-0.15, -0.1) is 0 Å². The number of amides is 1. The van der Waals surface area contributed by atoms with E-state index in [1.54, 1.807) is 74.5 Å². The number of carboxylic acid groups (broad SMARTS) is 1. The summed E-state index contributed by atoms with van der Waals surface area (Å²) >= 11 is 6.22. The highest BCUT2D eigenvalue weighted by molar-refractivity contribution is 6.31. The number of carboxylic acids is 1. The summed E-state index contributed by atoms with van der Waals surface area (Å²) in [7, 11) is 0. The molecular formula is C30H23ClN2O7. The molecule has 2 N–H and O–H groups in total. The van der Waals surface area contributed by atoms with E-state index >= 15 is 0 Å². The number of anilines is 1. The molecule has 1 saturated carbocycles. The number of hydrogen-bond donors (Lipinski definition) is 2. The van der Waals surface area contributed by atoms with Crippen molar-refractivity contribution in [3.05, 3.63) is 92.9 Å². The van der Waals surface area contributed by atoms with Crippen molar-refractivity contribution >= 4 is 51.1 Å². The van der Waals surface area contributed by atoms with Gasteiger partial charge in [0, 0.05) is 21.5 Å². The predicted octanol–water partition coefficient (Wildman–Crippen LogP) is 6.99. The molecular weight excluding hydrogens is 536 g/mol. The summed E-state index contributed by atoms with van der Waals surface area (Å²) in [5.41, 5.74) is 1.32. The first-order valence-electron chi connectivity index (χ1n) is 12.6. The lowest BCUT2D eigenvalue weighted by atomic mass is 9.93. The van der Waals surface area contributed by atoms with Crippen LogP contribution in [0.15, 0.2) is 74.4 Å². The highest BCUT2D eigenvalue weighted by Gasteiger charge is 2.51. The molecule has 0 spiro atoms. The average molecular weight is 559 g/mol. The van der Waals surface area contributed by atoms with Crippen LogP contribution < -0.4 is 10.9 Å². The number of carbonyl (C=O) groups excluding carboxylic acids is 1. The maximum absolute atomic E-state index is 12.9. The lowest BCUT2D eigenvalue weighted by molar-refractivity contribution is -0.140. The molecule has 3 aromatic carbocycles. The number of benzene rings is 3. The number of nitrogens with one attached hydrogen (secondary N) is 1. The Bertz CT molecular complexity index is 1890. The Labute approximate surface area is 232 Å². The second kappa shape index (κ2) is 9.53. The Morgan fingerprint density at radius 3 is 2.55 bits per heavy atom. The standard InChI is InChI=1S/C30H23ClN2O7/c1-15-25(32-29(37)38-16(2)19-5-3-4-6-23(19)31)26(40-33-15)17-7-9-21-20-10-8-18(30(11-12-30)28(35)36)14-22(20)27(34)39-24(21)13-17/h3-10,13-14,16H,11-12H2,1-2H3,(H,32,37)(H,35,36). The summed E-state index contributed by atoms with van der Waals surface area (Å²) in [5, 5.41) is 18.5. The summed E-state index contributed by atoms with van der Waals surface area (Å²) < 4.78 is 16.7. The molecule has 5 aromatic rings. The summed E-state index contributed by atoms with van der Waals surface area (Å²) in [6.07, 6.45) is -0.249. The van der Waals surface area contributed by atoms with Crippen LogP contribution in [0.4, 0.5) is 10.5 Å². The largest absolute Gasteiger partial charge is 0.481 e. The second-order valence-corrected chi connectivity index (χ2v) is 10.3. The SMILES string of the molecule is Cc1noc(-c2ccc3c(c2)oc(=O)c2cc(C4(C(=O)O)CC4)ccc23)c1NC(=O)OC(C)c1ccccc1Cl. The van der Waals surface area contributed by atoms with Gasteiger partial charge in [0.05, 0.1) is 10.8 Å². The van der Waals surface area contributed by atoms with E-state index in [1.807, 2.05) is 0 Å². The van der Waals surface area contributed by atoms with Gasteiger partial charge in [-0.05, 0) is 61.9 Å². The van der Waals surface area contributed by atoms with E-state index in [1.165, 1.54) is 0 Å². The van der Waals surface area contributed by atoms with Crippen LogP contribution in [-0.2, 0) is 14.9 Å². The number of aromatic nitrogens is 1. The molecule has 1 atom stereocenters. The van der Waals surface area contributed by atoms with E-state index in [2.05, 4.69) is 10.5 Å². The summed E-state index contributed by atoms with van der Waals surface area (Å²) in [5.74, 6) is -0.632. The van der Waals surface area contributed by atoms with Crippen molar-refractivity contribution in [1.82, 2.24) is 5.16 Å². The number of hydrogen-bond acceptors (Lipinski definition) is 7. The minimum Gasteiger partial charge on any atom is -0.481 e. The van der Waals surface area contributed by atoms with Crippen LogP contribution in [0, 0.1) is 6.92 Å². The molecule has 2 heterocycles. The number of rotatable bonds is 6. The normalized spacial score (nSPS) is 14.7. The van der Waals surface area contributed by atoms with Crippen LogP contribution in [0.5, 0.6) is 0 Å². The number of halogens is 1. The molecule has 1 unspecified atom stereocenters. The summed E-state index contributed by atoms with van der Waals surface area (Å²) in [4.78, 5) is 37.4. The number of fused-ring (bicyclic) bond motifs is 3. The molecule has 9 nitrogen and oxygen atoms in total. The first kappa shape index (κ1) is 25.6. The Kier molecular flexibility index (Phi) is 6.11. The van der Waals surface area contributed by atoms with Gasteiger partial charge in [0.25, 0.3) is 0 Å². The topological polar surface area (TPSA) is 132 Å². The van der Waals surface area contributed by atoms with Gasteiger partial charge in [0.2, 0.25) is 0 Å². The number of carbonyl (C=O) groups is 2. The van der Waals surface area contributed by atoms with Gasteiger partial charge in [0.15, 0.2) is 5.76 Å². The van der Waals surface area contributed by atoms with E-state index in [-0.39, 0.29) is 5.76 Å². The minimum atomic E-state index is -0.931. The lowest BCUT2D eigenvalue weighted by Gasteiger charge is -2.15. The molecule has 2 aromatic heterocycles. The molecule has 1 aliphatic rings. The average Bonchev–Trinajstić information content (AvgIpc) is 3.68. The molecule has 10 heteroatoms. The second-order valence-electron chi connectivity index (χ2n) is 9.91. The van der Waals surface area contributed by atoms with Gasteiger partial charge < -0.3 is 18.8 Å². The predicted molar refractivity (Wildman–Crippen MR) is 149 cm³/mol. The van der Waals surface area contributed by atoms with Crippen LogP contribution in [-0.4, -0.2) is 22.3 Å². The van der Waals surface area contributed by atoms with Crippen molar-refractivity contribution in [1.29, 1.82) is 0 Å². The fourth-order valence-corrected chi connectivity index (χ4v) is 5.29. The maximum Gasteiger partial charge on any atom is 0.412 e. The molecule has 0 saturated heterocycles. The highest BCUT2D eigenvalue weighted by atomic mass is 35.5. The Morgan fingerprint density at radius 2 is 1.82 bits per heavy atom.